The number of hydrogen-bond acceptors (Lipinski definition) is 8. The zero-order valence-electron chi connectivity index (χ0n) is 24.2. The van der Waals surface area contributed by atoms with Gasteiger partial charge < -0.3 is 24.6 Å². The van der Waals surface area contributed by atoms with Gasteiger partial charge in [0.1, 0.15) is 6.61 Å². The topological polar surface area (TPSA) is 114 Å². The lowest BCUT2D eigenvalue weighted by atomic mass is 9.86. The fourth-order valence-electron chi connectivity index (χ4n) is 5.26. The van der Waals surface area contributed by atoms with Crippen molar-refractivity contribution >= 4 is 46.1 Å². The number of amides is 1. The van der Waals surface area contributed by atoms with E-state index < -0.39 is 23.0 Å². The van der Waals surface area contributed by atoms with Crippen molar-refractivity contribution in [3.8, 4) is 11.4 Å². The number of halogens is 1. The summed E-state index contributed by atoms with van der Waals surface area (Å²) in [5.74, 6) is -0.484. The standard InChI is InChI=1S/C30H37ClN4O5S/c1-6-19-20-14-18(31)8-9-24(20)33-27-21(19)16-35-25(27)15-23(22(28(35)37)17-40-26(36)10-13-41-5)30(39,7-2)29(38)32-11-12-34(3)4/h8-9,14-15,39H,6-7,10-13,16-17H2,1-5H3,(H,32,38)/t30-/m0/s1. The van der Waals surface area contributed by atoms with E-state index in [1.165, 1.54) is 11.8 Å². The van der Waals surface area contributed by atoms with Crippen molar-refractivity contribution < 1.29 is 19.4 Å². The molecule has 1 amide bonds. The molecular formula is C30H37ClN4O5S. The maximum Gasteiger partial charge on any atom is 0.306 e. The Kier molecular flexibility index (Phi) is 9.79. The Morgan fingerprint density at radius 2 is 2.00 bits per heavy atom. The van der Waals surface area contributed by atoms with Crippen molar-refractivity contribution in [2.75, 3.05) is 39.2 Å². The molecule has 0 saturated carbocycles. The molecule has 1 aromatic carbocycles. The second-order valence-electron chi connectivity index (χ2n) is 10.4. The minimum absolute atomic E-state index is 0.00777. The van der Waals surface area contributed by atoms with Crippen LogP contribution in [0.3, 0.4) is 0 Å². The summed E-state index contributed by atoms with van der Waals surface area (Å²) in [6.45, 7) is 4.54. The molecule has 0 aliphatic carbocycles. The maximum absolute atomic E-state index is 14.1. The number of carbonyl (C=O) groups is 2. The predicted molar refractivity (Wildman–Crippen MR) is 163 cm³/mol. The third-order valence-corrected chi connectivity index (χ3v) is 8.39. The lowest BCUT2D eigenvalue weighted by Crippen LogP contribution is -2.47. The average Bonchev–Trinajstić information content (AvgIpc) is 3.31. The Labute approximate surface area is 249 Å². The second kappa shape index (κ2) is 12.9. The molecule has 0 saturated heterocycles. The highest BCUT2D eigenvalue weighted by Gasteiger charge is 2.41. The van der Waals surface area contributed by atoms with Crippen LogP contribution < -0.4 is 10.9 Å². The number of nitrogens with zero attached hydrogens (tertiary/aromatic N) is 3. The van der Waals surface area contributed by atoms with E-state index in [0.29, 0.717) is 41.7 Å². The van der Waals surface area contributed by atoms with Gasteiger partial charge in [0, 0.05) is 40.4 Å². The predicted octanol–water partition coefficient (Wildman–Crippen LogP) is 3.71. The SMILES string of the molecule is CCc1c2c(nc3ccc(Cl)cc13)-c1cc([C@@](O)(CC)C(=O)NCCN(C)C)c(COC(=O)CCSC)c(=O)n1C2. The number of thioether (sulfide) groups is 1. The van der Waals surface area contributed by atoms with Crippen LogP contribution in [0.2, 0.25) is 5.02 Å². The molecule has 3 heterocycles. The maximum atomic E-state index is 14.1. The minimum Gasteiger partial charge on any atom is -0.461 e. The summed E-state index contributed by atoms with van der Waals surface area (Å²) >= 11 is 7.82. The van der Waals surface area contributed by atoms with Gasteiger partial charge in [-0.3, -0.25) is 14.4 Å². The zero-order chi connectivity index (χ0) is 29.9. The number of rotatable bonds is 12. The lowest BCUT2D eigenvalue weighted by molar-refractivity contribution is -0.144. The molecule has 0 spiro atoms. The van der Waals surface area contributed by atoms with E-state index in [4.69, 9.17) is 21.3 Å². The van der Waals surface area contributed by atoms with Crippen molar-refractivity contribution in [1.82, 2.24) is 19.8 Å². The highest BCUT2D eigenvalue weighted by Crippen LogP contribution is 2.39. The minimum atomic E-state index is -2.03. The number of carbonyl (C=O) groups excluding carboxylic acids is 2. The van der Waals surface area contributed by atoms with Crippen LogP contribution in [0.1, 0.15) is 48.9 Å². The largest absolute Gasteiger partial charge is 0.461 e. The Hall–Kier alpha value is -2.92. The van der Waals surface area contributed by atoms with Crippen molar-refractivity contribution in [3.05, 3.63) is 61.9 Å². The lowest BCUT2D eigenvalue weighted by Gasteiger charge is -2.29. The number of nitrogens with one attached hydrogen (secondary N) is 1. The number of aryl methyl sites for hydroxylation is 1. The van der Waals surface area contributed by atoms with Crippen molar-refractivity contribution in [1.29, 1.82) is 0 Å². The zero-order valence-corrected chi connectivity index (χ0v) is 25.7. The van der Waals surface area contributed by atoms with Gasteiger partial charge in [-0.2, -0.15) is 11.8 Å². The summed E-state index contributed by atoms with van der Waals surface area (Å²) in [4.78, 5) is 46.7. The average molecular weight is 601 g/mol. The molecule has 41 heavy (non-hydrogen) atoms. The molecule has 1 aliphatic rings. The molecule has 1 atom stereocenters. The number of fused-ring (bicyclic) bond motifs is 4. The van der Waals surface area contributed by atoms with E-state index in [9.17, 15) is 19.5 Å². The van der Waals surface area contributed by atoms with Crippen LogP contribution in [0.5, 0.6) is 0 Å². The highest BCUT2D eigenvalue weighted by molar-refractivity contribution is 7.98. The molecule has 4 rings (SSSR count). The van der Waals surface area contributed by atoms with Crippen molar-refractivity contribution in [2.45, 2.75) is 51.9 Å². The first-order valence-electron chi connectivity index (χ1n) is 13.7. The van der Waals surface area contributed by atoms with Gasteiger partial charge in [-0.25, -0.2) is 4.98 Å². The van der Waals surface area contributed by atoms with Crippen LogP contribution in [0.15, 0.2) is 29.1 Å². The normalized spacial score (nSPS) is 13.7. The van der Waals surface area contributed by atoms with Crippen LogP contribution in [0.25, 0.3) is 22.3 Å². The van der Waals surface area contributed by atoms with E-state index in [-0.39, 0.29) is 37.1 Å². The van der Waals surface area contributed by atoms with Crippen LogP contribution in [-0.4, -0.2) is 70.6 Å². The van der Waals surface area contributed by atoms with Gasteiger partial charge in [-0.1, -0.05) is 25.4 Å². The van der Waals surface area contributed by atoms with E-state index in [1.807, 2.05) is 44.3 Å². The number of ether oxygens (including phenoxy) is 1. The molecule has 1 aliphatic heterocycles. The first-order chi connectivity index (χ1) is 19.5. The molecular weight excluding hydrogens is 564 g/mol. The molecule has 0 fully saturated rings. The number of esters is 1. The Balaban J connectivity index is 1.88. The van der Waals surface area contributed by atoms with E-state index in [1.54, 1.807) is 23.6 Å². The smallest absolute Gasteiger partial charge is 0.306 e. The summed E-state index contributed by atoms with van der Waals surface area (Å²) in [5, 5.41) is 16.2. The quantitative estimate of drug-likeness (QED) is 0.237. The monoisotopic (exact) mass is 600 g/mol. The fraction of sp³-hybridized carbons (Fsp3) is 0.467. The number of likely N-dealkylation sites (N-methyl/N-ethyl adjacent to an activating group) is 1. The third-order valence-electron chi connectivity index (χ3n) is 7.54. The fourth-order valence-corrected chi connectivity index (χ4v) is 5.80. The first kappa shape index (κ1) is 31.0. The third kappa shape index (κ3) is 6.16. The Bertz CT molecular complexity index is 1540. The summed E-state index contributed by atoms with van der Waals surface area (Å²) in [7, 11) is 3.77. The van der Waals surface area contributed by atoms with Gasteiger partial charge in [-0.15, -0.1) is 0 Å². The van der Waals surface area contributed by atoms with E-state index >= 15 is 0 Å². The molecule has 0 radical (unpaired) electrons. The first-order valence-corrected chi connectivity index (χ1v) is 15.5. The molecule has 220 valence electrons. The highest BCUT2D eigenvalue weighted by atomic mass is 35.5. The summed E-state index contributed by atoms with van der Waals surface area (Å²) in [5.41, 5.74) is 1.57. The second-order valence-corrected chi connectivity index (χ2v) is 11.8. The van der Waals surface area contributed by atoms with Crippen LogP contribution in [-0.2, 0) is 39.5 Å². The van der Waals surface area contributed by atoms with Gasteiger partial charge in [-0.05, 0) is 63.0 Å². The number of aromatic nitrogens is 2. The van der Waals surface area contributed by atoms with Crippen LogP contribution in [0, 0.1) is 0 Å². The molecule has 0 bridgehead atoms. The van der Waals surface area contributed by atoms with Crippen molar-refractivity contribution in [2.24, 2.45) is 0 Å². The molecule has 3 aromatic rings. The summed E-state index contributed by atoms with van der Waals surface area (Å²) < 4.78 is 7.09. The van der Waals surface area contributed by atoms with E-state index in [2.05, 4.69) is 5.32 Å². The van der Waals surface area contributed by atoms with Gasteiger partial charge in [0.2, 0.25) is 0 Å². The van der Waals surface area contributed by atoms with Crippen LogP contribution in [0.4, 0.5) is 0 Å². The van der Waals surface area contributed by atoms with Gasteiger partial charge >= 0.3 is 5.97 Å². The number of pyridine rings is 2. The van der Waals surface area contributed by atoms with Crippen molar-refractivity contribution in [3.63, 3.8) is 0 Å². The summed E-state index contributed by atoms with van der Waals surface area (Å²) in [6.07, 6.45) is 2.79. The van der Waals surface area contributed by atoms with Gasteiger partial charge in [0.25, 0.3) is 11.5 Å². The molecule has 2 aromatic heterocycles. The van der Waals surface area contributed by atoms with Gasteiger partial charge in [0.05, 0.1) is 35.4 Å². The number of aliphatic hydroxyl groups is 1. The summed E-state index contributed by atoms with van der Waals surface area (Å²) in [6, 6.07) is 7.18. The van der Waals surface area contributed by atoms with Crippen LogP contribution >= 0.6 is 23.4 Å². The van der Waals surface area contributed by atoms with Gasteiger partial charge in [0.15, 0.2) is 5.60 Å². The number of hydrogen-bond donors (Lipinski definition) is 2. The molecule has 11 heteroatoms. The molecule has 0 unspecified atom stereocenters. The Morgan fingerprint density at radius 3 is 2.66 bits per heavy atom. The number of benzene rings is 1. The Morgan fingerprint density at radius 1 is 1.24 bits per heavy atom. The molecule has 9 nitrogen and oxygen atoms in total. The molecule has 2 N–H and O–H groups in total. The van der Waals surface area contributed by atoms with E-state index in [0.717, 1.165) is 22.0 Å².